The summed E-state index contributed by atoms with van der Waals surface area (Å²) in [5, 5.41) is 8.84. The fourth-order valence-corrected chi connectivity index (χ4v) is 0.624. The zero-order valence-electron chi connectivity index (χ0n) is 5.34. The van der Waals surface area contributed by atoms with Crippen molar-refractivity contribution in [3.63, 3.8) is 0 Å². The maximum absolute atomic E-state index is 10.6. The van der Waals surface area contributed by atoms with Crippen molar-refractivity contribution in [2.45, 2.75) is 20.1 Å². The second-order valence-corrected chi connectivity index (χ2v) is 2.07. The molecule has 0 aromatic carbocycles. The van der Waals surface area contributed by atoms with Crippen molar-refractivity contribution in [2.75, 3.05) is 0 Å². The number of cyclic esters (lactones) is 1. The molecule has 0 amide bonds. The molecule has 0 aliphatic carbocycles. The van der Waals surface area contributed by atoms with Gasteiger partial charge in [0.15, 0.2) is 0 Å². The van der Waals surface area contributed by atoms with E-state index in [1.807, 2.05) is 0 Å². The number of carbonyl (C=O) groups excluding carboxylic acids is 1. The summed E-state index contributed by atoms with van der Waals surface area (Å²) in [6, 6.07) is 0. The smallest absolute Gasteiger partial charge is 0.336 e. The Labute approximate surface area is 52.9 Å². The molecule has 1 atom stereocenters. The van der Waals surface area contributed by atoms with E-state index in [4.69, 9.17) is 5.11 Å². The Hall–Kier alpha value is -0.830. The molecule has 0 radical (unpaired) electrons. The molecule has 1 aliphatic heterocycles. The first kappa shape index (κ1) is 6.29. The number of carbonyl (C=O) groups is 1. The minimum atomic E-state index is -1.00. The van der Waals surface area contributed by atoms with Gasteiger partial charge in [-0.15, -0.1) is 0 Å². The van der Waals surface area contributed by atoms with Crippen LogP contribution in [0.15, 0.2) is 11.1 Å². The quantitative estimate of drug-likeness (QED) is 0.474. The zero-order valence-corrected chi connectivity index (χ0v) is 5.34. The van der Waals surface area contributed by atoms with Crippen LogP contribution in [-0.4, -0.2) is 17.4 Å². The number of rotatable bonds is 0. The lowest BCUT2D eigenvalue weighted by Crippen LogP contribution is -2.07. The van der Waals surface area contributed by atoms with E-state index in [0.717, 1.165) is 0 Å². The Morgan fingerprint density at radius 1 is 1.56 bits per heavy atom. The molecule has 3 nitrogen and oxygen atoms in total. The second kappa shape index (κ2) is 1.84. The molecule has 0 aromatic heterocycles. The van der Waals surface area contributed by atoms with E-state index in [-0.39, 0.29) is 0 Å². The molecule has 0 spiro atoms. The molecule has 0 saturated heterocycles. The average molecular weight is 128 g/mol. The van der Waals surface area contributed by atoms with E-state index in [0.29, 0.717) is 11.1 Å². The first-order chi connectivity index (χ1) is 4.13. The third-order valence-corrected chi connectivity index (χ3v) is 1.49. The Morgan fingerprint density at radius 2 is 2.11 bits per heavy atom. The molecule has 0 fully saturated rings. The van der Waals surface area contributed by atoms with Crippen molar-refractivity contribution in [1.82, 2.24) is 0 Å². The molecular formula is C6H8O3. The summed E-state index contributed by atoms with van der Waals surface area (Å²) in [5.74, 6) is -0.417. The van der Waals surface area contributed by atoms with Gasteiger partial charge in [-0.3, -0.25) is 0 Å². The van der Waals surface area contributed by atoms with Crippen molar-refractivity contribution in [1.29, 1.82) is 0 Å². The highest BCUT2D eigenvalue weighted by Crippen LogP contribution is 2.18. The third kappa shape index (κ3) is 0.833. The standard InChI is InChI=1S/C6H8O3/c1-3-4(2)6(8)9-5(3)7/h5,7H,1-2H3/t5-/m0/s1. The van der Waals surface area contributed by atoms with Gasteiger partial charge in [-0.25, -0.2) is 4.79 Å². The Kier molecular flexibility index (Phi) is 1.29. The Bertz CT molecular complexity index is 181. The van der Waals surface area contributed by atoms with Crippen LogP contribution < -0.4 is 0 Å². The number of aliphatic hydroxyl groups excluding tert-OH is 1. The van der Waals surface area contributed by atoms with Crippen LogP contribution in [0.2, 0.25) is 0 Å². The lowest BCUT2D eigenvalue weighted by molar-refractivity contribution is -0.151. The molecule has 0 bridgehead atoms. The van der Waals surface area contributed by atoms with Crippen LogP contribution >= 0.6 is 0 Å². The highest BCUT2D eigenvalue weighted by Gasteiger charge is 2.25. The Balaban J connectivity index is 2.92. The molecule has 1 N–H and O–H groups in total. The second-order valence-electron chi connectivity index (χ2n) is 2.07. The minimum Gasteiger partial charge on any atom is -0.428 e. The lowest BCUT2D eigenvalue weighted by Gasteiger charge is -1.99. The summed E-state index contributed by atoms with van der Waals surface area (Å²) in [4.78, 5) is 10.6. The van der Waals surface area contributed by atoms with Gasteiger partial charge in [0.05, 0.1) is 0 Å². The van der Waals surface area contributed by atoms with Gasteiger partial charge < -0.3 is 9.84 Å². The van der Waals surface area contributed by atoms with Crippen LogP contribution in [0.3, 0.4) is 0 Å². The summed E-state index contributed by atoms with van der Waals surface area (Å²) in [6.45, 7) is 3.30. The molecule has 1 rings (SSSR count). The molecule has 1 heterocycles. The first-order valence-corrected chi connectivity index (χ1v) is 2.69. The Morgan fingerprint density at radius 3 is 2.22 bits per heavy atom. The molecule has 50 valence electrons. The summed E-state index contributed by atoms with van der Waals surface area (Å²) < 4.78 is 4.43. The molecule has 0 unspecified atom stereocenters. The van der Waals surface area contributed by atoms with Crippen LogP contribution in [0, 0.1) is 0 Å². The number of hydrogen-bond acceptors (Lipinski definition) is 3. The van der Waals surface area contributed by atoms with Crippen molar-refractivity contribution in [3.8, 4) is 0 Å². The number of ether oxygens (including phenoxy) is 1. The van der Waals surface area contributed by atoms with Gasteiger partial charge in [0, 0.05) is 11.1 Å². The third-order valence-electron chi connectivity index (χ3n) is 1.49. The summed E-state index contributed by atoms with van der Waals surface area (Å²) in [5.41, 5.74) is 1.13. The molecule has 0 saturated carbocycles. The fourth-order valence-electron chi connectivity index (χ4n) is 0.624. The number of aliphatic hydroxyl groups is 1. The van der Waals surface area contributed by atoms with Crippen molar-refractivity contribution in [3.05, 3.63) is 11.1 Å². The minimum absolute atomic E-state index is 0.417. The largest absolute Gasteiger partial charge is 0.428 e. The summed E-state index contributed by atoms with van der Waals surface area (Å²) in [6.07, 6.45) is -1.00. The summed E-state index contributed by atoms with van der Waals surface area (Å²) in [7, 11) is 0. The topological polar surface area (TPSA) is 46.5 Å². The van der Waals surface area contributed by atoms with Crippen LogP contribution in [0.5, 0.6) is 0 Å². The zero-order chi connectivity index (χ0) is 7.02. The van der Waals surface area contributed by atoms with Gasteiger partial charge >= 0.3 is 5.97 Å². The monoisotopic (exact) mass is 128 g/mol. The highest BCUT2D eigenvalue weighted by atomic mass is 16.6. The summed E-state index contributed by atoms with van der Waals surface area (Å²) >= 11 is 0. The van der Waals surface area contributed by atoms with Crippen molar-refractivity contribution in [2.24, 2.45) is 0 Å². The average Bonchev–Trinajstić information content (AvgIpc) is 1.98. The van der Waals surface area contributed by atoms with Gasteiger partial charge in [0.25, 0.3) is 0 Å². The molecular weight excluding hydrogens is 120 g/mol. The van der Waals surface area contributed by atoms with Gasteiger partial charge in [0.1, 0.15) is 0 Å². The molecule has 0 aromatic rings. The predicted octanol–water partition coefficient (Wildman–Crippen LogP) is 0.198. The van der Waals surface area contributed by atoms with E-state index in [2.05, 4.69) is 4.74 Å². The lowest BCUT2D eigenvalue weighted by atomic mass is 10.2. The van der Waals surface area contributed by atoms with Gasteiger partial charge in [-0.1, -0.05) is 0 Å². The van der Waals surface area contributed by atoms with Crippen LogP contribution in [0.25, 0.3) is 0 Å². The molecule has 1 aliphatic rings. The van der Waals surface area contributed by atoms with Crippen LogP contribution in [-0.2, 0) is 9.53 Å². The van der Waals surface area contributed by atoms with E-state index >= 15 is 0 Å². The SMILES string of the molecule is CC1=C(C)[C@@H](O)OC1=O. The van der Waals surface area contributed by atoms with E-state index in [1.54, 1.807) is 13.8 Å². The van der Waals surface area contributed by atoms with E-state index in [9.17, 15) is 4.79 Å². The predicted molar refractivity (Wildman–Crippen MR) is 30.5 cm³/mol. The van der Waals surface area contributed by atoms with E-state index < -0.39 is 12.3 Å². The van der Waals surface area contributed by atoms with Gasteiger partial charge in [0.2, 0.25) is 6.29 Å². The van der Waals surface area contributed by atoms with Crippen LogP contribution in [0.4, 0.5) is 0 Å². The highest BCUT2D eigenvalue weighted by molar-refractivity contribution is 5.91. The molecule has 3 heteroatoms. The van der Waals surface area contributed by atoms with E-state index in [1.165, 1.54) is 0 Å². The maximum atomic E-state index is 10.6. The molecule has 9 heavy (non-hydrogen) atoms. The van der Waals surface area contributed by atoms with Gasteiger partial charge in [-0.05, 0) is 13.8 Å². The van der Waals surface area contributed by atoms with Gasteiger partial charge in [-0.2, -0.15) is 0 Å². The number of esters is 1. The first-order valence-electron chi connectivity index (χ1n) is 2.69. The normalized spacial score (nSPS) is 27.0. The van der Waals surface area contributed by atoms with Crippen molar-refractivity contribution < 1.29 is 14.6 Å². The van der Waals surface area contributed by atoms with Crippen LogP contribution in [0.1, 0.15) is 13.8 Å². The maximum Gasteiger partial charge on any atom is 0.336 e. The number of hydrogen-bond donors (Lipinski definition) is 1. The fraction of sp³-hybridized carbons (Fsp3) is 0.500. The van der Waals surface area contributed by atoms with Crippen molar-refractivity contribution >= 4 is 5.97 Å².